The molecule has 0 spiro atoms. The van der Waals surface area contributed by atoms with E-state index in [2.05, 4.69) is 81.0 Å². The second-order valence-corrected chi connectivity index (χ2v) is 7.17. The van der Waals surface area contributed by atoms with Gasteiger partial charge in [0.05, 0.1) is 0 Å². The first-order valence-electron chi connectivity index (χ1n) is 7.68. The van der Waals surface area contributed by atoms with Crippen molar-refractivity contribution in [3.8, 4) is 10.4 Å². The Morgan fingerprint density at radius 2 is 1.82 bits per heavy atom. The van der Waals surface area contributed by atoms with E-state index in [-0.39, 0.29) is 0 Å². The van der Waals surface area contributed by atoms with Gasteiger partial charge in [0, 0.05) is 41.5 Å². The summed E-state index contributed by atoms with van der Waals surface area (Å²) in [6, 6.07) is 13.6. The van der Waals surface area contributed by atoms with E-state index in [1.807, 2.05) is 11.3 Å². The van der Waals surface area contributed by atoms with Crippen molar-refractivity contribution in [1.29, 1.82) is 0 Å². The van der Waals surface area contributed by atoms with Crippen molar-refractivity contribution >= 4 is 27.1 Å². The third kappa shape index (κ3) is 2.50. The summed E-state index contributed by atoms with van der Waals surface area (Å²) in [4.78, 5) is 3.53. The Labute approximate surface area is 136 Å². The SMILES string of the molecule is CCc1c2ccc(=[N+](C)C)cc-2sc2cc(N(C)C)ccc12. The molecule has 1 aromatic rings. The monoisotopic (exact) mass is 311 g/mol. The smallest absolute Gasteiger partial charge is 0.200 e. The molecule has 0 unspecified atom stereocenters. The molecule has 2 aliphatic rings. The van der Waals surface area contributed by atoms with Gasteiger partial charge in [-0.25, -0.2) is 4.58 Å². The zero-order valence-corrected chi connectivity index (χ0v) is 14.8. The number of nitrogens with zero attached hydrogens (tertiary/aromatic N) is 2. The van der Waals surface area contributed by atoms with Crippen LogP contribution in [0.4, 0.5) is 5.69 Å². The highest BCUT2D eigenvalue weighted by Gasteiger charge is 2.14. The minimum absolute atomic E-state index is 1.06. The number of hydrogen-bond acceptors (Lipinski definition) is 2. The van der Waals surface area contributed by atoms with E-state index in [0.29, 0.717) is 0 Å². The van der Waals surface area contributed by atoms with Crippen LogP contribution in [0.3, 0.4) is 0 Å². The minimum Gasteiger partial charge on any atom is -0.378 e. The second kappa shape index (κ2) is 5.73. The van der Waals surface area contributed by atoms with Crippen LogP contribution in [0, 0.1) is 0 Å². The molecule has 2 nitrogen and oxygen atoms in total. The fourth-order valence-corrected chi connectivity index (χ4v) is 4.09. The fourth-order valence-electron chi connectivity index (χ4n) is 2.89. The summed E-state index contributed by atoms with van der Waals surface area (Å²) in [5, 5.41) is 2.65. The maximum atomic E-state index is 2.31. The first-order valence-corrected chi connectivity index (χ1v) is 8.50. The molecule has 0 amide bonds. The molecule has 0 radical (unpaired) electrons. The Kier molecular flexibility index (Phi) is 3.92. The van der Waals surface area contributed by atoms with Gasteiger partial charge in [-0.2, -0.15) is 0 Å². The molecule has 0 fully saturated rings. The molecular formula is C19H23N2S+. The molecule has 0 aromatic heterocycles. The van der Waals surface area contributed by atoms with Gasteiger partial charge in [-0.1, -0.05) is 13.0 Å². The quantitative estimate of drug-likeness (QED) is 0.517. The van der Waals surface area contributed by atoms with Gasteiger partial charge in [-0.3, -0.25) is 0 Å². The summed E-state index contributed by atoms with van der Waals surface area (Å²) >= 11 is 1.89. The molecule has 1 aliphatic carbocycles. The van der Waals surface area contributed by atoms with Crippen molar-refractivity contribution in [1.82, 2.24) is 4.58 Å². The summed E-state index contributed by atoms with van der Waals surface area (Å²) in [6.45, 7) is 2.25. The van der Waals surface area contributed by atoms with E-state index < -0.39 is 0 Å². The largest absolute Gasteiger partial charge is 0.378 e. The average Bonchev–Trinajstić information content (AvgIpc) is 2.51. The lowest BCUT2D eigenvalue weighted by atomic mass is 9.99. The van der Waals surface area contributed by atoms with E-state index in [4.69, 9.17) is 0 Å². The molecule has 0 atom stereocenters. The van der Waals surface area contributed by atoms with Crippen molar-refractivity contribution in [2.75, 3.05) is 33.1 Å². The van der Waals surface area contributed by atoms with Crippen LogP contribution < -0.4 is 14.8 Å². The Bertz CT molecular complexity index is 870. The van der Waals surface area contributed by atoms with Crippen molar-refractivity contribution < 1.29 is 0 Å². The number of aryl methyl sites for hydroxylation is 1. The van der Waals surface area contributed by atoms with Gasteiger partial charge in [0.2, 0.25) is 5.36 Å². The van der Waals surface area contributed by atoms with E-state index >= 15 is 0 Å². The van der Waals surface area contributed by atoms with Crippen LogP contribution in [0.25, 0.3) is 20.5 Å². The predicted octanol–water partition coefficient (Wildman–Crippen LogP) is 3.67. The molecule has 0 saturated carbocycles. The van der Waals surface area contributed by atoms with Gasteiger partial charge in [0.1, 0.15) is 14.1 Å². The molecule has 1 aromatic carbocycles. The van der Waals surface area contributed by atoms with Gasteiger partial charge in [0.15, 0.2) is 0 Å². The Balaban J connectivity index is 2.41. The molecule has 0 N–H and O–H groups in total. The summed E-state index contributed by atoms with van der Waals surface area (Å²) in [7, 11) is 8.38. The molecule has 114 valence electrons. The van der Waals surface area contributed by atoms with Crippen LogP contribution in [0.1, 0.15) is 12.5 Å². The maximum Gasteiger partial charge on any atom is 0.200 e. The normalized spacial score (nSPS) is 11.1. The highest BCUT2D eigenvalue weighted by Crippen LogP contribution is 2.38. The topological polar surface area (TPSA) is 6.25 Å². The van der Waals surface area contributed by atoms with Gasteiger partial charge in [0.25, 0.3) is 0 Å². The number of rotatable bonds is 2. The Morgan fingerprint density at radius 3 is 2.45 bits per heavy atom. The van der Waals surface area contributed by atoms with Crippen molar-refractivity contribution in [2.24, 2.45) is 0 Å². The molecular weight excluding hydrogens is 288 g/mol. The number of fused-ring (bicyclic) bond motifs is 2. The minimum atomic E-state index is 1.06. The first-order chi connectivity index (χ1) is 10.5. The Hall–Kier alpha value is -1.87. The molecule has 3 heteroatoms. The van der Waals surface area contributed by atoms with E-state index in [9.17, 15) is 0 Å². The molecule has 1 aliphatic heterocycles. The lowest BCUT2D eigenvalue weighted by Gasteiger charge is -2.17. The van der Waals surface area contributed by atoms with E-state index in [1.54, 1.807) is 0 Å². The van der Waals surface area contributed by atoms with Crippen molar-refractivity contribution in [2.45, 2.75) is 13.3 Å². The van der Waals surface area contributed by atoms with Gasteiger partial charge >= 0.3 is 0 Å². The molecule has 1 heterocycles. The van der Waals surface area contributed by atoms with Crippen LogP contribution in [0.5, 0.6) is 0 Å². The third-order valence-electron chi connectivity index (χ3n) is 4.19. The van der Waals surface area contributed by atoms with Crippen LogP contribution in [0.2, 0.25) is 0 Å². The zero-order valence-electron chi connectivity index (χ0n) is 14.0. The summed E-state index contributed by atoms with van der Waals surface area (Å²) in [5.74, 6) is 0. The molecule has 0 bridgehead atoms. The van der Waals surface area contributed by atoms with E-state index in [0.717, 1.165) is 6.42 Å². The second-order valence-electron chi connectivity index (χ2n) is 6.08. The standard InChI is InChI=1S/C19H23N2S/c1-6-15-16-9-7-13(20(2)3)11-18(16)22-19-12-14(21(4)5)8-10-17(15)19/h7-12H,6H2,1-5H3/q+1. The average molecular weight is 311 g/mol. The third-order valence-corrected chi connectivity index (χ3v) is 5.30. The fraction of sp³-hybridized carbons (Fsp3) is 0.316. The number of anilines is 1. The lowest BCUT2D eigenvalue weighted by molar-refractivity contribution is 0.814. The lowest BCUT2D eigenvalue weighted by Crippen LogP contribution is -2.21. The van der Waals surface area contributed by atoms with Gasteiger partial charge < -0.3 is 4.90 Å². The van der Waals surface area contributed by atoms with Crippen molar-refractivity contribution in [3.63, 3.8) is 0 Å². The summed E-state index contributed by atoms with van der Waals surface area (Å²) < 4.78 is 3.53. The highest BCUT2D eigenvalue weighted by atomic mass is 32.1. The van der Waals surface area contributed by atoms with Crippen LogP contribution in [-0.4, -0.2) is 28.2 Å². The predicted molar refractivity (Wildman–Crippen MR) is 99.3 cm³/mol. The molecule has 3 rings (SSSR count). The van der Waals surface area contributed by atoms with Crippen LogP contribution in [-0.2, 0) is 6.42 Å². The number of benzene rings is 2. The molecule has 0 saturated heterocycles. The summed E-state index contributed by atoms with van der Waals surface area (Å²) in [5.41, 5.74) is 4.11. The van der Waals surface area contributed by atoms with Gasteiger partial charge in [-0.05, 0) is 41.1 Å². The molecule has 22 heavy (non-hydrogen) atoms. The highest BCUT2D eigenvalue weighted by molar-refractivity contribution is 7.21. The Morgan fingerprint density at radius 1 is 1.05 bits per heavy atom. The van der Waals surface area contributed by atoms with Crippen LogP contribution in [0.15, 0.2) is 36.4 Å². The summed E-state index contributed by atoms with van der Waals surface area (Å²) in [6.07, 6.45) is 1.06. The van der Waals surface area contributed by atoms with Crippen LogP contribution >= 0.6 is 11.3 Å². The number of hydrogen-bond donors (Lipinski definition) is 0. The van der Waals surface area contributed by atoms with Crippen molar-refractivity contribution in [3.05, 3.63) is 47.3 Å². The zero-order chi connectivity index (χ0) is 15.9. The first kappa shape index (κ1) is 15.0. The van der Waals surface area contributed by atoms with E-state index in [1.165, 1.54) is 37.1 Å². The van der Waals surface area contributed by atoms with Gasteiger partial charge in [-0.15, -0.1) is 11.3 Å². The maximum absolute atomic E-state index is 2.31.